The highest BCUT2D eigenvalue weighted by Gasteiger charge is 2.58. The second kappa shape index (κ2) is 6.89. The minimum Gasteiger partial charge on any atom is -0.473 e. The third kappa shape index (κ3) is 3.83. The molecule has 2 heterocycles. The van der Waals surface area contributed by atoms with E-state index in [2.05, 4.69) is 4.98 Å². The van der Waals surface area contributed by atoms with Gasteiger partial charge in [0.15, 0.2) is 5.60 Å². The molecule has 0 N–H and O–H groups in total. The Bertz CT molecular complexity index is 700. The summed E-state index contributed by atoms with van der Waals surface area (Å²) in [6, 6.07) is 11.1. The molecule has 1 aromatic carbocycles. The van der Waals surface area contributed by atoms with E-state index in [9.17, 15) is 0 Å². The predicted octanol–water partition coefficient (Wildman–Crippen LogP) is 4.53. The van der Waals surface area contributed by atoms with E-state index in [4.69, 9.17) is 37.4 Å². The Kier molecular flexibility index (Phi) is 5.02. The highest BCUT2D eigenvalue weighted by Crippen LogP contribution is 2.42. The molecule has 128 valence electrons. The van der Waals surface area contributed by atoms with Crippen molar-refractivity contribution in [2.45, 2.75) is 31.7 Å². The summed E-state index contributed by atoms with van der Waals surface area (Å²) in [5.74, 6) is 0.405. The van der Waals surface area contributed by atoms with Gasteiger partial charge >= 0.3 is 0 Å². The first-order chi connectivity index (χ1) is 11.4. The Morgan fingerprint density at radius 2 is 1.92 bits per heavy atom. The number of pyridine rings is 1. The van der Waals surface area contributed by atoms with E-state index in [1.54, 1.807) is 18.3 Å². The normalized spacial score (nSPS) is 20.0. The lowest BCUT2D eigenvalue weighted by molar-refractivity contribution is -0.0939. The summed E-state index contributed by atoms with van der Waals surface area (Å²) in [6.45, 7) is 5.38. The minimum absolute atomic E-state index is 0.331. The molecule has 24 heavy (non-hydrogen) atoms. The fourth-order valence-electron chi connectivity index (χ4n) is 2.33. The maximum absolute atomic E-state index is 6.10. The molecular formula is C18H19Cl2NO3. The molecule has 0 aliphatic carbocycles. The van der Waals surface area contributed by atoms with Crippen molar-refractivity contribution in [1.82, 2.24) is 4.98 Å². The van der Waals surface area contributed by atoms with Gasteiger partial charge in [-0.25, -0.2) is 4.98 Å². The third-order valence-corrected chi connectivity index (χ3v) is 4.81. The summed E-state index contributed by atoms with van der Waals surface area (Å²) >= 11 is 12.0. The first kappa shape index (κ1) is 17.5. The molecular weight excluding hydrogens is 349 g/mol. The highest BCUT2D eigenvalue weighted by atomic mass is 35.5. The lowest BCUT2D eigenvalue weighted by atomic mass is 9.92. The van der Waals surface area contributed by atoms with Gasteiger partial charge in [0.1, 0.15) is 11.6 Å². The molecule has 1 aromatic heterocycles. The molecule has 1 unspecified atom stereocenters. The number of halogens is 2. The number of hydrogen-bond acceptors (Lipinski definition) is 4. The monoisotopic (exact) mass is 367 g/mol. The minimum atomic E-state index is -0.520. The van der Waals surface area contributed by atoms with E-state index in [0.717, 1.165) is 5.56 Å². The maximum Gasteiger partial charge on any atom is 0.232 e. The van der Waals surface area contributed by atoms with E-state index >= 15 is 0 Å². The quantitative estimate of drug-likeness (QED) is 0.674. The number of benzene rings is 1. The van der Waals surface area contributed by atoms with Crippen LogP contribution in [0, 0.1) is 0 Å². The van der Waals surface area contributed by atoms with Gasteiger partial charge in [-0.1, -0.05) is 35.3 Å². The molecule has 0 bridgehead atoms. The van der Waals surface area contributed by atoms with Crippen LogP contribution in [0.4, 0.5) is 0 Å². The molecule has 1 atom stereocenters. The van der Waals surface area contributed by atoms with Gasteiger partial charge in [0.05, 0.1) is 18.8 Å². The van der Waals surface area contributed by atoms with E-state index in [1.807, 2.05) is 38.1 Å². The molecule has 1 aliphatic rings. The van der Waals surface area contributed by atoms with Gasteiger partial charge in [0.25, 0.3) is 0 Å². The number of ether oxygens (including phenoxy) is 3. The lowest BCUT2D eigenvalue weighted by Crippen LogP contribution is -2.46. The van der Waals surface area contributed by atoms with Crippen molar-refractivity contribution in [2.75, 3.05) is 13.2 Å². The van der Waals surface area contributed by atoms with Crippen molar-refractivity contribution in [3.8, 4) is 5.88 Å². The number of nitrogens with zero attached hydrogens (tertiary/aromatic N) is 1. The van der Waals surface area contributed by atoms with E-state index in [-0.39, 0.29) is 0 Å². The molecule has 1 saturated heterocycles. The molecule has 6 heteroatoms. The average molecular weight is 368 g/mol. The molecule has 4 nitrogen and oxygen atoms in total. The Balaban J connectivity index is 1.60. The highest BCUT2D eigenvalue weighted by molar-refractivity contribution is 6.31. The van der Waals surface area contributed by atoms with Crippen LogP contribution in [0.5, 0.6) is 5.88 Å². The number of aromatic nitrogens is 1. The van der Waals surface area contributed by atoms with Crippen molar-refractivity contribution >= 4 is 23.2 Å². The first-order valence-corrected chi connectivity index (χ1v) is 8.43. The number of rotatable bonds is 7. The van der Waals surface area contributed by atoms with Crippen LogP contribution in [0.3, 0.4) is 0 Å². The van der Waals surface area contributed by atoms with Gasteiger partial charge in [-0.15, -0.1) is 0 Å². The topological polar surface area (TPSA) is 43.9 Å². The number of hydrogen-bond donors (Lipinski definition) is 0. The second-order valence-corrected chi connectivity index (χ2v) is 7.13. The van der Waals surface area contributed by atoms with E-state index in [0.29, 0.717) is 35.7 Å². The number of epoxide rings is 1. The summed E-state index contributed by atoms with van der Waals surface area (Å²) in [5, 5.41) is 1.19. The van der Waals surface area contributed by atoms with Crippen molar-refractivity contribution in [3.63, 3.8) is 0 Å². The van der Waals surface area contributed by atoms with Crippen molar-refractivity contribution in [2.24, 2.45) is 0 Å². The maximum atomic E-state index is 6.10. The van der Waals surface area contributed by atoms with Gasteiger partial charge in [0.2, 0.25) is 5.88 Å². The summed E-state index contributed by atoms with van der Waals surface area (Å²) in [7, 11) is 0. The molecule has 0 saturated carbocycles. The summed E-state index contributed by atoms with van der Waals surface area (Å²) in [5.41, 5.74) is 0.0331. The van der Waals surface area contributed by atoms with Crippen LogP contribution in [-0.4, -0.2) is 29.4 Å². The van der Waals surface area contributed by atoms with Crippen LogP contribution < -0.4 is 4.74 Å². The van der Waals surface area contributed by atoms with E-state index < -0.39 is 11.2 Å². The Hall–Kier alpha value is -1.33. The SMILES string of the molecule is CC(C)(OCc1ccc(Cl)cc1)C1(COc2ncccc2Cl)CO1. The fourth-order valence-corrected chi connectivity index (χ4v) is 2.63. The second-order valence-electron chi connectivity index (χ2n) is 6.29. The van der Waals surface area contributed by atoms with Gasteiger partial charge in [-0.05, 0) is 43.7 Å². The summed E-state index contributed by atoms with van der Waals surface area (Å²) in [4.78, 5) is 4.13. The van der Waals surface area contributed by atoms with Crippen LogP contribution >= 0.6 is 23.2 Å². The van der Waals surface area contributed by atoms with Crippen LogP contribution in [0.15, 0.2) is 42.6 Å². The van der Waals surface area contributed by atoms with Crippen LogP contribution in [0.25, 0.3) is 0 Å². The van der Waals surface area contributed by atoms with Crippen LogP contribution in [-0.2, 0) is 16.1 Å². The molecule has 3 rings (SSSR count). The molecule has 2 aromatic rings. The van der Waals surface area contributed by atoms with Gasteiger partial charge in [-0.2, -0.15) is 0 Å². The van der Waals surface area contributed by atoms with Crippen molar-refractivity contribution < 1.29 is 14.2 Å². The largest absolute Gasteiger partial charge is 0.473 e. The van der Waals surface area contributed by atoms with Gasteiger partial charge in [0, 0.05) is 11.2 Å². The van der Waals surface area contributed by atoms with Crippen molar-refractivity contribution in [1.29, 1.82) is 0 Å². The summed E-state index contributed by atoms with van der Waals surface area (Å²) < 4.78 is 17.5. The standard InChI is InChI=1S/C18H19Cl2NO3/c1-17(2,23-10-13-5-7-14(19)8-6-13)18(12-24-18)11-22-16-15(20)4-3-9-21-16/h3-9H,10-12H2,1-2H3. The summed E-state index contributed by atoms with van der Waals surface area (Å²) in [6.07, 6.45) is 1.64. The molecule has 0 amide bonds. The Morgan fingerprint density at radius 1 is 1.21 bits per heavy atom. The van der Waals surface area contributed by atoms with Gasteiger partial charge < -0.3 is 14.2 Å². The van der Waals surface area contributed by atoms with Gasteiger partial charge in [-0.3, -0.25) is 0 Å². The molecule has 1 fully saturated rings. The molecule has 0 radical (unpaired) electrons. The fraction of sp³-hybridized carbons (Fsp3) is 0.389. The first-order valence-electron chi connectivity index (χ1n) is 7.68. The molecule has 1 aliphatic heterocycles. The smallest absolute Gasteiger partial charge is 0.232 e. The van der Waals surface area contributed by atoms with Crippen LogP contribution in [0.1, 0.15) is 19.4 Å². The Morgan fingerprint density at radius 3 is 2.54 bits per heavy atom. The van der Waals surface area contributed by atoms with E-state index in [1.165, 1.54) is 0 Å². The molecule has 0 spiro atoms. The van der Waals surface area contributed by atoms with Crippen LogP contribution in [0.2, 0.25) is 10.0 Å². The predicted molar refractivity (Wildman–Crippen MR) is 93.7 cm³/mol. The average Bonchev–Trinajstić information content (AvgIpc) is 3.35. The zero-order valence-electron chi connectivity index (χ0n) is 13.6. The lowest BCUT2D eigenvalue weighted by Gasteiger charge is -2.32. The van der Waals surface area contributed by atoms with Crippen molar-refractivity contribution in [3.05, 3.63) is 58.2 Å². The third-order valence-electron chi connectivity index (χ3n) is 4.27. The zero-order valence-corrected chi connectivity index (χ0v) is 15.1. The Labute approximate surface area is 151 Å². The zero-order chi connectivity index (χ0) is 17.2.